The number of rotatable bonds is 7. The number of carboxylic acid groups (broad SMARTS) is 1. The largest absolute Gasteiger partial charge is 0.480 e. The van der Waals surface area contributed by atoms with Crippen LogP contribution in [0.5, 0.6) is 0 Å². The normalized spacial score (nSPS) is 16.5. The zero-order valence-corrected chi connectivity index (χ0v) is 16.4. The number of nitriles is 1. The fourth-order valence-corrected chi connectivity index (χ4v) is 3.66. The lowest BCUT2D eigenvalue weighted by atomic mass is 9.83. The van der Waals surface area contributed by atoms with Crippen LogP contribution in [0.1, 0.15) is 43.2 Å². The topological polar surface area (TPSA) is 111 Å². The molecule has 28 heavy (non-hydrogen) atoms. The monoisotopic (exact) mass is 385 g/mol. The van der Waals surface area contributed by atoms with Crippen molar-refractivity contribution in [2.24, 2.45) is 11.8 Å². The molecule has 0 spiro atoms. The lowest BCUT2D eigenvalue weighted by Crippen LogP contribution is -2.51. The first-order chi connectivity index (χ1) is 13.3. The number of aliphatic carboxylic acids is 1. The molecule has 0 unspecified atom stereocenters. The van der Waals surface area contributed by atoms with Crippen LogP contribution < -0.4 is 5.32 Å². The number of carboxylic acids is 1. The molecule has 0 radical (unpaired) electrons. The Hall–Kier alpha value is -2.88. The van der Waals surface area contributed by atoms with Crippen LogP contribution in [0.4, 0.5) is 0 Å². The first kappa shape index (κ1) is 21.4. The molecule has 1 aromatic carbocycles. The first-order valence-electron chi connectivity index (χ1n) is 9.57. The van der Waals surface area contributed by atoms with Crippen molar-refractivity contribution in [1.29, 1.82) is 5.26 Å². The number of amides is 2. The second-order valence-electron chi connectivity index (χ2n) is 7.52. The highest BCUT2D eigenvalue weighted by molar-refractivity contribution is 6.01. The summed E-state index contributed by atoms with van der Waals surface area (Å²) in [6.45, 7) is 0. The Labute approximate surface area is 165 Å². The summed E-state index contributed by atoms with van der Waals surface area (Å²) in [6.07, 6.45) is 4.66. The predicted octanol–water partition coefficient (Wildman–Crippen LogP) is 1.95. The van der Waals surface area contributed by atoms with Gasteiger partial charge in [-0.2, -0.15) is 5.26 Å². The maximum absolute atomic E-state index is 12.9. The van der Waals surface area contributed by atoms with E-state index in [4.69, 9.17) is 5.26 Å². The smallest absolute Gasteiger partial charge is 0.326 e. The van der Waals surface area contributed by atoms with Crippen LogP contribution in [-0.4, -0.2) is 47.9 Å². The maximum Gasteiger partial charge on any atom is 0.326 e. The number of carbonyl (C=O) groups is 3. The van der Waals surface area contributed by atoms with Crippen LogP contribution in [0, 0.1) is 23.2 Å². The molecule has 2 rings (SSSR count). The van der Waals surface area contributed by atoms with Crippen LogP contribution in [0.2, 0.25) is 0 Å². The van der Waals surface area contributed by atoms with Gasteiger partial charge in [0.15, 0.2) is 0 Å². The minimum absolute atomic E-state index is 0.111. The molecule has 2 amide bonds. The van der Waals surface area contributed by atoms with Gasteiger partial charge in [0.1, 0.15) is 12.0 Å². The number of hydrogen-bond donors (Lipinski definition) is 2. The minimum atomic E-state index is -1.06. The Kier molecular flexibility index (Phi) is 7.56. The molecule has 2 atom stereocenters. The van der Waals surface area contributed by atoms with Crippen LogP contribution >= 0.6 is 0 Å². The van der Waals surface area contributed by atoms with E-state index in [9.17, 15) is 19.5 Å². The summed E-state index contributed by atoms with van der Waals surface area (Å²) in [4.78, 5) is 38.6. The van der Waals surface area contributed by atoms with E-state index in [1.165, 1.54) is 4.90 Å². The molecule has 150 valence electrons. The van der Waals surface area contributed by atoms with Gasteiger partial charge >= 0.3 is 5.97 Å². The molecular formula is C21H27N3O4. The average molecular weight is 385 g/mol. The Bertz CT molecular complexity index is 746. The van der Waals surface area contributed by atoms with E-state index in [1.807, 2.05) is 6.07 Å². The number of nitrogens with zero attached hydrogens (tertiary/aromatic N) is 2. The van der Waals surface area contributed by atoms with Crippen molar-refractivity contribution in [3.8, 4) is 6.07 Å². The van der Waals surface area contributed by atoms with Crippen molar-refractivity contribution in [2.75, 3.05) is 14.1 Å². The average Bonchev–Trinajstić information content (AvgIpc) is 2.70. The standard InChI is InChI=1S/C21H27N3O4/c1-24(2)20(26)17(12-14-8-10-15(13-22)11-9-14)19(25)23-18(21(27)28)16-6-4-3-5-7-16/h8-11,16-18H,3-7,12H2,1-2H3,(H,23,25)(H,27,28)/t17-,18+/m1/s1. The third kappa shape index (κ3) is 5.56. The van der Waals surface area contributed by atoms with E-state index in [0.717, 1.165) is 37.7 Å². The van der Waals surface area contributed by atoms with Gasteiger partial charge in [0.25, 0.3) is 0 Å². The second-order valence-corrected chi connectivity index (χ2v) is 7.52. The van der Waals surface area contributed by atoms with Gasteiger partial charge in [-0.05, 0) is 42.9 Å². The van der Waals surface area contributed by atoms with Gasteiger partial charge in [-0.1, -0.05) is 31.4 Å². The quantitative estimate of drug-likeness (QED) is 0.697. The van der Waals surface area contributed by atoms with Crippen molar-refractivity contribution in [3.05, 3.63) is 35.4 Å². The third-order valence-corrected chi connectivity index (χ3v) is 5.26. The van der Waals surface area contributed by atoms with Crippen LogP contribution in [0.3, 0.4) is 0 Å². The summed E-state index contributed by atoms with van der Waals surface area (Å²) in [5.41, 5.74) is 1.23. The summed E-state index contributed by atoms with van der Waals surface area (Å²) < 4.78 is 0. The van der Waals surface area contributed by atoms with Gasteiger partial charge in [0.2, 0.25) is 11.8 Å². The summed E-state index contributed by atoms with van der Waals surface area (Å²) in [6, 6.07) is 7.72. The highest BCUT2D eigenvalue weighted by Gasteiger charge is 2.35. The zero-order chi connectivity index (χ0) is 20.7. The number of benzene rings is 1. The van der Waals surface area contributed by atoms with Crippen LogP contribution in [0.15, 0.2) is 24.3 Å². The Balaban J connectivity index is 2.18. The molecule has 7 nitrogen and oxygen atoms in total. The van der Waals surface area contributed by atoms with Crippen molar-refractivity contribution >= 4 is 17.8 Å². The first-order valence-corrected chi connectivity index (χ1v) is 9.57. The zero-order valence-electron chi connectivity index (χ0n) is 16.4. The molecule has 0 aromatic heterocycles. The molecule has 0 bridgehead atoms. The molecular weight excluding hydrogens is 358 g/mol. The lowest BCUT2D eigenvalue weighted by Gasteiger charge is -2.29. The van der Waals surface area contributed by atoms with Crippen molar-refractivity contribution in [1.82, 2.24) is 10.2 Å². The van der Waals surface area contributed by atoms with Crippen LogP contribution in [0.25, 0.3) is 0 Å². The SMILES string of the molecule is CN(C)C(=O)[C@H](Cc1ccc(C#N)cc1)C(=O)N[C@H](C(=O)O)C1CCCCC1. The van der Waals surface area contributed by atoms with Crippen molar-refractivity contribution in [2.45, 2.75) is 44.6 Å². The van der Waals surface area contributed by atoms with Gasteiger partial charge in [0.05, 0.1) is 11.6 Å². The lowest BCUT2D eigenvalue weighted by molar-refractivity contribution is -0.147. The predicted molar refractivity (Wildman–Crippen MR) is 103 cm³/mol. The third-order valence-electron chi connectivity index (χ3n) is 5.26. The van der Waals surface area contributed by atoms with E-state index in [1.54, 1.807) is 38.4 Å². The molecule has 1 saturated carbocycles. The Morgan fingerprint density at radius 1 is 1.18 bits per heavy atom. The summed E-state index contributed by atoms with van der Waals surface area (Å²) in [5, 5.41) is 21.1. The van der Waals surface area contributed by atoms with Gasteiger partial charge in [-0.3, -0.25) is 9.59 Å². The summed E-state index contributed by atoms with van der Waals surface area (Å²) in [5.74, 6) is -3.14. The Morgan fingerprint density at radius 2 is 1.79 bits per heavy atom. The van der Waals surface area contributed by atoms with Gasteiger partial charge in [-0.25, -0.2) is 4.79 Å². The van der Waals surface area contributed by atoms with E-state index >= 15 is 0 Å². The summed E-state index contributed by atoms with van der Waals surface area (Å²) in [7, 11) is 3.13. The molecule has 7 heteroatoms. The van der Waals surface area contributed by atoms with Gasteiger partial charge < -0.3 is 15.3 Å². The molecule has 0 aliphatic heterocycles. The van der Waals surface area contributed by atoms with E-state index in [-0.39, 0.29) is 18.2 Å². The number of carbonyl (C=O) groups excluding carboxylic acids is 2. The molecule has 1 aromatic rings. The van der Waals surface area contributed by atoms with Crippen LogP contribution in [-0.2, 0) is 20.8 Å². The van der Waals surface area contributed by atoms with E-state index < -0.39 is 23.8 Å². The molecule has 2 N–H and O–H groups in total. The highest BCUT2D eigenvalue weighted by atomic mass is 16.4. The summed E-state index contributed by atoms with van der Waals surface area (Å²) >= 11 is 0. The molecule has 0 saturated heterocycles. The van der Waals surface area contributed by atoms with Gasteiger partial charge in [-0.15, -0.1) is 0 Å². The Morgan fingerprint density at radius 3 is 2.29 bits per heavy atom. The van der Waals surface area contributed by atoms with E-state index in [0.29, 0.717) is 5.56 Å². The van der Waals surface area contributed by atoms with E-state index in [2.05, 4.69) is 5.32 Å². The molecule has 1 fully saturated rings. The minimum Gasteiger partial charge on any atom is -0.480 e. The molecule has 1 aliphatic carbocycles. The maximum atomic E-state index is 12.9. The fraction of sp³-hybridized carbons (Fsp3) is 0.524. The number of nitrogens with one attached hydrogen (secondary N) is 1. The van der Waals surface area contributed by atoms with Crippen molar-refractivity contribution in [3.63, 3.8) is 0 Å². The number of hydrogen-bond acceptors (Lipinski definition) is 4. The fourth-order valence-electron chi connectivity index (χ4n) is 3.66. The molecule has 0 heterocycles. The highest BCUT2D eigenvalue weighted by Crippen LogP contribution is 2.27. The molecule has 1 aliphatic rings. The van der Waals surface area contributed by atoms with Gasteiger partial charge in [0, 0.05) is 14.1 Å². The van der Waals surface area contributed by atoms with Crippen molar-refractivity contribution < 1.29 is 19.5 Å². The second kappa shape index (κ2) is 9.88.